The van der Waals surface area contributed by atoms with Crippen LogP contribution in [0.2, 0.25) is 0 Å². The highest BCUT2D eigenvalue weighted by atomic mass is 16.5. The van der Waals surface area contributed by atoms with Crippen molar-refractivity contribution in [1.29, 1.82) is 0 Å². The summed E-state index contributed by atoms with van der Waals surface area (Å²) in [4.78, 5) is 43.2. The predicted octanol–water partition coefficient (Wildman–Crippen LogP) is 6.01. The van der Waals surface area contributed by atoms with Gasteiger partial charge in [-0.15, -0.1) is 0 Å². The van der Waals surface area contributed by atoms with Gasteiger partial charge in [-0.2, -0.15) is 0 Å². The van der Waals surface area contributed by atoms with Gasteiger partial charge >= 0.3 is 5.97 Å². The normalized spacial score (nSPS) is 13.1. The van der Waals surface area contributed by atoms with E-state index in [4.69, 9.17) is 9.47 Å². The van der Waals surface area contributed by atoms with Crippen molar-refractivity contribution >= 4 is 46.1 Å². The van der Waals surface area contributed by atoms with Crippen LogP contribution in [0.15, 0.2) is 97.1 Å². The second-order valence-electron chi connectivity index (χ2n) is 10.7. The third kappa shape index (κ3) is 6.89. The number of para-hydroxylation sites is 1. The smallest absolute Gasteiger partial charge is 0.338 e. The number of hydrogen-bond acceptors (Lipinski definition) is 7. The van der Waals surface area contributed by atoms with E-state index in [-0.39, 0.29) is 18.4 Å². The number of carbonyl (C=O) groups excluding carboxylic acids is 3. The molecule has 0 aliphatic carbocycles. The maximum absolute atomic E-state index is 13.7. The van der Waals surface area contributed by atoms with Gasteiger partial charge in [0, 0.05) is 30.0 Å². The molecule has 0 atom stereocenters. The van der Waals surface area contributed by atoms with E-state index in [9.17, 15) is 14.4 Å². The Labute approximate surface area is 263 Å². The highest BCUT2D eigenvalue weighted by Gasteiger charge is 2.29. The largest absolute Gasteiger partial charge is 0.496 e. The fourth-order valence-corrected chi connectivity index (χ4v) is 5.13. The van der Waals surface area contributed by atoms with Crippen LogP contribution < -0.4 is 20.3 Å². The molecule has 0 unspecified atom stereocenters. The maximum atomic E-state index is 13.7. The van der Waals surface area contributed by atoms with Gasteiger partial charge in [0.1, 0.15) is 5.75 Å². The third-order valence-electron chi connectivity index (χ3n) is 7.39. The fraction of sp³-hybridized carbons (Fsp3) is 0.194. The molecule has 0 aromatic heterocycles. The number of methoxy groups -OCH3 is 1. The van der Waals surface area contributed by atoms with Gasteiger partial charge < -0.3 is 29.9 Å². The Morgan fingerprint density at radius 2 is 1.56 bits per heavy atom. The molecule has 0 saturated carbocycles. The summed E-state index contributed by atoms with van der Waals surface area (Å²) in [7, 11) is 5.48. The molecule has 2 N–H and O–H groups in total. The van der Waals surface area contributed by atoms with Gasteiger partial charge in [-0.1, -0.05) is 48.5 Å². The predicted molar refractivity (Wildman–Crippen MR) is 178 cm³/mol. The number of esters is 1. The average Bonchev–Trinajstić information content (AvgIpc) is 3.39. The summed E-state index contributed by atoms with van der Waals surface area (Å²) < 4.78 is 10.6. The summed E-state index contributed by atoms with van der Waals surface area (Å²) in [5.41, 5.74) is 5.39. The molecule has 45 heavy (non-hydrogen) atoms. The first-order valence-electron chi connectivity index (χ1n) is 14.7. The van der Waals surface area contributed by atoms with Crippen LogP contribution in [0.25, 0.3) is 11.3 Å². The second-order valence-corrected chi connectivity index (χ2v) is 10.7. The lowest BCUT2D eigenvalue weighted by Crippen LogP contribution is -2.37. The lowest BCUT2D eigenvalue weighted by molar-refractivity contribution is -0.110. The minimum Gasteiger partial charge on any atom is -0.496 e. The summed E-state index contributed by atoms with van der Waals surface area (Å²) in [5.74, 6) is -0.383. The minimum atomic E-state index is -0.447. The Bertz CT molecular complexity index is 1730. The molecule has 0 bridgehead atoms. The number of hydrogen-bond donors (Lipinski definition) is 2. The first-order chi connectivity index (χ1) is 21.8. The van der Waals surface area contributed by atoms with E-state index < -0.39 is 5.97 Å². The monoisotopic (exact) mass is 604 g/mol. The van der Waals surface area contributed by atoms with Gasteiger partial charge in [0.2, 0.25) is 0 Å². The summed E-state index contributed by atoms with van der Waals surface area (Å²) in [6, 6.07) is 29.4. The van der Waals surface area contributed by atoms with Crippen molar-refractivity contribution in [2.75, 3.05) is 56.4 Å². The fourth-order valence-electron chi connectivity index (χ4n) is 5.13. The number of amides is 2. The van der Waals surface area contributed by atoms with Crippen LogP contribution >= 0.6 is 0 Å². The number of likely N-dealkylation sites (N-methyl/N-ethyl adjacent to an activating group) is 1. The Hall–Kier alpha value is -5.41. The molecule has 9 heteroatoms. The zero-order valence-corrected chi connectivity index (χ0v) is 25.8. The summed E-state index contributed by atoms with van der Waals surface area (Å²) in [5, 5.41) is 6.36. The molecule has 5 rings (SSSR count). The molecule has 0 spiro atoms. The molecule has 2 amide bonds. The average molecular weight is 605 g/mol. The standard InChI is InChI=1S/C36H36N4O5/c1-5-45-36(43)25-15-20-28-30(23-25)38-34(41)32(28)33(24-11-7-6-8-12-24)37-26-16-18-27(19-17-26)40(22-21-39(2)3)35(42)29-13-9-10-14-31(29)44-4/h6-20,23,37H,5,21-22H2,1-4H3,(H,38,41)/b33-32-. The molecule has 1 aliphatic heterocycles. The van der Waals surface area contributed by atoms with Gasteiger partial charge in [-0.25, -0.2) is 4.79 Å². The van der Waals surface area contributed by atoms with Gasteiger partial charge in [0.05, 0.1) is 41.8 Å². The number of anilines is 3. The Balaban J connectivity index is 1.50. The van der Waals surface area contributed by atoms with Gasteiger partial charge in [0.15, 0.2) is 0 Å². The van der Waals surface area contributed by atoms with E-state index in [2.05, 4.69) is 10.6 Å². The van der Waals surface area contributed by atoms with Crippen LogP contribution in [-0.4, -0.2) is 63.6 Å². The van der Waals surface area contributed by atoms with E-state index >= 15 is 0 Å². The van der Waals surface area contributed by atoms with Crippen molar-refractivity contribution < 1.29 is 23.9 Å². The van der Waals surface area contributed by atoms with Crippen molar-refractivity contribution in [2.45, 2.75) is 6.92 Å². The Morgan fingerprint density at radius 1 is 0.844 bits per heavy atom. The molecule has 230 valence electrons. The van der Waals surface area contributed by atoms with Crippen LogP contribution in [0.4, 0.5) is 17.1 Å². The molecule has 0 fully saturated rings. The van der Waals surface area contributed by atoms with E-state index in [1.807, 2.05) is 85.7 Å². The molecule has 4 aromatic rings. The van der Waals surface area contributed by atoms with Crippen LogP contribution in [0.5, 0.6) is 5.75 Å². The first-order valence-corrected chi connectivity index (χ1v) is 14.7. The Kier molecular flexibility index (Phi) is 9.60. The number of nitrogens with zero attached hydrogens (tertiary/aromatic N) is 2. The minimum absolute atomic E-state index is 0.163. The van der Waals surface area contributed by atoms with Crippen LogP contribution in [0.3, 0.4) is 0 Å². The number of rotatable bonds is 11. The molecule has 4 aromatic carbocycles. The highest BCUT2D eigenvalue weighted by molar-refractivity contribution is 6.37. The molecule has 1 aliphatic rings. The molecular formula is C36H36N4O5. The number of benzene rings is 4. The summed E-state index contributed by atoms with van der Waals surface area (Å²) in [6.45, 7) is 3.15. The molecular weight excluding hydrogens is 568 g/mol. The first kappa shape index (κ1) is 31.0. The quantitative estimate of drug-likeness (QED) is 0.160. The van der Waals surface area contributed by atoms with Gasteiger partial charge in [0.25, 0.3) is 11.8 Å². The number of fused-ring (bicyclic) bond motifs is 1. The van der Waals surface area contributed by atoms with Crippen molar-refractivity contribution in [3.05, 3.63) is 119 Å². The third-order valence-corrected chi connectivity index (χ3v) is 7.39. The van der Waals surface area contributed by atoms with E-state index in [1.54, 1.807) is 49.3 Å². The zero-order chi connectivity index (χ0) is 31.9. The molecule has 0 saturated heterocycles. The summed E-state index contributed by atoms with van der Waals surface area (Å²) in [6.07, 6.45) is 0. The number of nitrogens with one attached hydrogen (secondary N) is 2. The summed E-state index contributed by atoms with van der Waals surface area (Å²) >= 11 is 0. The van der Waals surface area contributed by atoms with Crippen molar-refractivity contribution in [1.82, 2.24) is 4.90 Å². The topological polar surface area (TPSA) is 100 Å². The van der Waals surface area contributed by atoms with Crippen LogP contribution in [-0.2, 0) is 9.53 Å². The van der Waals surface area contributed by atoms with E-state index in [0.29, 0.717) is 52.5 Å². The SMILES string of the molecule is CCOC(=O)c1ccc2c(c1)NC(=O)/C2=C(\Nc1ccc(N(CCN(C)C)C(=O)c2ccccc2OC)cc1)c1ccccc1. The van der Waals surface area contributed by atoms with E-state index in [0.717, 1.165) is 16.9 Å². The van der Waals surface area contributed by atoms with Crippen LogP contribution in [0, 0.1) is 0 Å². The number of carbonyl (C=O) groups is 3. The van der Waals surface area contributed by atoms with E-state index in [1.165, 1.54) is 0 Å². The maximum Gasteiger partial charge on any atom is 0.338 e. The zero-order valence-electron chi connectivity index (χ0n) is 25.8. The van der Waals surface area contributed by atoms with Gasteiger partial charge in [-0.05, 0) is 75.1 Å². The lowest BCUT2D eigenvalue weighted by atomic mass is 9.99. The van der Waals surface area contributed by atoms with Crippen LogP contribution in [0.1, 0.15) is 38.8 Å². The second kappa shape index (κ2) is 13.9. The molecule has 1 heterocycles. The number of ether oxygens (including phenoxy) is 2. The highest BCUT2D eigenvalue weighted by Crippen LogP contribution is 2.38. The van der Waals surface area contributed by atoms with Crippen molar-refractivity contribution in [3.63, 3.8) is 0 Å². The van der Waals surface area contributed by atoms with Gasteiger partial charge in [-0.3, -0.25) is 9.59 Å². The van der Waals surface area contributed by atoms with Crippen molar-refractivity contribution in [2.24, 2.45) is 0 Å². The molecule has 9 nitrogen and oxygen atoms in total. The van der Waals surface area contributed by atoms with Crippen molar-refractivity contribution in [3.8, 4) is 5.75 Å². The Morgan fingerprint density at radius 3 is 2.24 bits per heavy atom. The lowest BCUT2D eigenvalue weighted by Gasteiger charge is -2.26. The molecule has 0 radical (unpaired) electrons.